The Bertz CT molecular complexity index is 416. The molecule has 1 amide bonds. The second-order valence-corrected chi connectivity index (χ2v) is 2.90. The lowest BCUT2D eigenvalue weighted by Gasteiger charge is -2.15. The molecule has 72 valence electrons. The molecule has 0 saturated carbocycles. The topological polar surface area (TPSA) is 92.2 Å². The number of hydrogen-bond acceptors (Lipinski definition) is 4. The standard InChI is InChI=1S/C8H7N3O3/c12-5-2-1-4-6(8(13)14)9-3-10-7(4)11-5/h3H,1-2H2,(H,13,14)(H,9,10,11,12). The number of carboxylic acid groups (broad SMARTS) is 1. The van der Waals surface area contributed by atoms with Crippen LogP contribution in [-0.4, -0.2) is 27.0 Å². The Balaban J connectivity index is 2.52. The maximum absolute atomic E-state index is 11.0. The van der Waals surface area contributed by atoms with Gasteiger partial charge in [0, 0.05) is 12.0 Å². The fraction of sp³-hybridized carbons (Fsp3) is 0.250. The zero-order chi connectivity index (χ0) is 10.1. The highest BCUT2D eigenvalue weighted by Crippen LogP contribution is 2.21. The smallest absolute Gasteiger partial charge is 0.354 e. The Morgan fingerprint density at radius 3 is 2.93 bits per heavy atom. The first-order valence-electron chi connectivity index (χ1n) is 4.05. The molecule has 1 aliphatic rings. The van der Waals surface area contributed by atoms with E-state index in [0.29, 0.717) is 17.8 Å². The largest absolute Gasteiger partial charge is 0.476 e. The summed E-state index contributed by atoms with van der Waals surface area (Å²) < 4.78 is 0. The third-order valence-electron chi connectivity index (χ3n) is 2.01. The lowest BCUT2D eigenvalue weighted by Crippen LogP contribution is -2.23. The number of anilines is 1. The van der Waals surface area contributed by atoms with E-state index in [1.54, 1.807) is 0 Å². The number of aromatic nitrogens is 2. The summed E-state index contributed by atoms with van der Waals surface area (Å²) in [5.41, 5.74) is 0.467. The Hall–Kier alpha value is -1.98. The average molecular weight is 193 g/mol. The van der Waals surface area contributed by atoms with Crippen molar-refractivity contribution in [1.29, 1.82) is 0 Å². The van der Waals surface area contributed by atoms with Crippen LogP contribution in [0.25, 0.3) is 0 Å². The molecule has 0 aliphatic carbocycles. The third kappa shape index (κ3) is 1.30. The molecule has 0 spiro atoms. The molecule has 0 aromatic carbocycles. The van der Waals surface area contributed by atoms with E-state index in [1.807, 2.05) is 0 Å². The molecule has 0 fully saturated rings. The van der Waals surface area contributed by atoms with Gasteiger partial charge in [-0.25, -0.2) is 14.8 Å². The van der Waals surface area contributed by atoms with Crippen LogP contribution in [0.1, 0.15) is 22.5 Å². The van der Waals surface area contributed by atoms with Crippen LogP contribution in [0, 0.1) is 0 Å². The molecule has 1 aliphatic heterocycles. The van der Waals surface area contributed by atoms with Gasteiger partial charge in [-0.05, 0) is 6.42 Å². The summed E-state index contributed by atoms with van der Waals surface area (Å²) in [5, 5.41) is 11.3. The Morgan fingerprint density at radius 2 is 2.21 bits per heavy atom. The van der Waals surface area contributed by atoms with Crippen molar-refractivity contribution in [3.8, 4) is 0 Å². The van der Waals surface area contributed by atoms with Gasteiger partial charge in [-0.15, -0.1) is 0 Å². The van der Waals surface area contributed by atoms with E-state index < -0.39 is 5.97 Å². The number of carbonyl (C=O) groups is 2. The Morgan fingerprint density at radius 1 is 1.43 bits per heavy atom. The molecule has 1 aromatic heterocycles. The number of carbonyl (C=O) groups excluding carboxylic acids is 1. The minimum atomic E-state index is -1.10. The summed E-state index contributed by atoms with van der Waals surface area (Å²) in [7, 11) is 0. The fourth-order valence-electron chi connectivity index (χ4n) is 1.37. The second-order valence-electron chi connectivity index (χ2n) is 2.90. The minimum Gasteiger partial charge on any atom is -0.476 e. The third-order valence-corrected chi connectivity index (χ3v) is 2.01. The molecule has 0 bridgehead atoms. The first-order chi connectivity index (χ1) is 6.68. The van der Waals surface area contributed by atoms with Crippen molar-refractivity contribution in [1.82, 2.24) is 9.97 Å². The van der Waals surface area contributed by atoms with Gasteiger partial charge in [-0.3, -0.25) is 4.79 Å². The van der Waals surface area contributed by atoms with Crippen molar-refractivity contribution in [2.75, 3.05) is 5.32 Å². The highest BCUT2D eigenvalue weighted by molar-refractivity contribution is 5.96. The van der Waals surface area contributed by atoms with Crippen molar-refractivity contribution in [3.05, 3.63) is 17.6 Å². The van der Waals surface area contributed by atoms with Crippen molar-refractivity contribution in [3.63, 3.8) is 0 Å². The molecular formula is C8H7N3O3. The molecule has 2 N–H and O–H groups in total. The van der Waals surface area contributed by atoms with Gasteiger partial charge in [-0.2, -0.15) is 0 Å². The SMILES string of the molecule is O=C1CCc2c(ncnc2C(=O)O)N1. The zero-order valence-corrected chi connectivity index (χ0v) is 7.15. The normalized spacial score (nSPS) is 14.4. The van der Waals surface area contributed by atoms with Crippen molar-refractivity contribution >= 4 is 17.7 Å². The summed E-state index contributed by atoms with van der Waals surface area (Å²) in [6, 6.07) is 0. The maximum Gasteiger partial charge on any atom is 0.354 e. The van der Waals surface area contributed by atoms with Gasteiger partial charge in [0.2, 0.25) is 5.91 Å². The number of hydrogen-bond donors (Lipinski definition) is 2. The Labute approximate surface area is 79.0 Å². The van der Waals surface area contributed by atoms with Crippen molar-refractivity contribution < 1.29 is 14.7 Å². The van der Waals surface area contributed by atoms with Crippen molar-refractivity contribution in [2.24, 2.45) is 0 Å². The highest BCUT2D eigenvalue weighted by atomic mass is 16.4. The number of fused-ring (bicyclic) bond motifs is 1. The van der Waals surface area contributed by atoms with Gasteiger partial charge in [-0.1, -0.05) is 0 Å². The molecular weight excluding hydrogens is 186 g/mol. The number of aromatic carboxylic acids is 1. The first kappa shape index (κ1) is 8.61. The van der Waals surface area contributed by atoms with Crippen LogP contribution in [0.3, 0.4) is 0 Å². The zero-order valence-electron chi connectivity index (χ0n) is 7.15. The van der Waals surface area contributed by atoms with Crippen LogP contribution in [0.5, 0.6) is 0 Å². The van der Waals surface area contributed by atoms with Gasteiger partial charge in [0.15, 0.2) is 5.69 Å². The average Bonchev–Trinajstić information content (AvgIpc) is 2.16. The lowest BCUT2D eigenvalue weighted by molar-refractivity contribution is -0.116. The number of nitrogens with one attached hydrogen (secondary N) is 1. The predicted molar refractivity (Wildman–Crippen MR) is 45.9 cm³/mol. The summed E-state index contributed by atoms with van der Waals surface area (Å²) in [6.07, 6.45) is 1.79. The molecule has 6 heteroatoms. The fourth-order valence-corrected chi connectivity index (χ4v) is 1.37. The molecule has 2 rings (SSSR count). The van der Waals surface area contributed by atoms with E-state index in [9.17, 15) is 9.59 Å². The van der Waals surface area contributed by atoms with Crippen LogP contribution in [0.15, 0.2) is 6.33 Å². The van der Waals surface area contributed by atoms with Crippen LogP contribution in [0.2, 0.25) is 0 Å². The molecule has 14 heavy (non-hydrogen) atoms. The summed E-state index contributed by atoms with van der Waals surface area (Å²) in [5.74, 6) is -0.930. The van der Waals surface area contributed by atoms with E-state index in [4.69, 9.17) is 5.11 Å². The van der Waals surface area contributed by atoms with Crippen molar-refractivity contribution in [2.45, 2.75) is 12.8 Å². The van der Waals surface area contributed by atoms with E-state index in [2.05, 4.69) is 15.3 Å². The monoisotopic (exact) mass is 193 g/mol. The number of rotatable bonds is 1. The van der Waals surface area contributed by atoms with Gasteiger partial charge in [0.05, 0.1) is 0 Å². The molecule has 6 nitrogen and oxygen atoms in total. The summed E-state index contributed by atoms with van der Waals surface area (Å²) in [6.45, 7) is 0. The van der Waals surface area contributed by atoms with Crippen LogP contribution >= 0.6 is 0 Å². The van der Waals surface area contributed by atoms with Gasteiger partial charge in [0.25, 0.3) is 0 Å². The number of amides is 1. The number of nitrogens with zero attached hydrogens (tertiary/aromatic N) is 2. The van der Waals surface area contributed by atoms with E-state index >= 15 is 0 Å². The van der Waals surface area contributed by atoms with Gasteiger partial charge >= 0.3 is 5.97 Å². The predicted octanol–water partition coefficient (Wildman–Crippen LogP) is 0.0595. The maximum atomic E-state index is 11.0. The lowest BCUT2D eigenvalue weighted by atomic mass is 10.0. The molecule has 0 radical (unpaired) electrons. The minimum absolute atomic E-state index is 0.0324. The second kappa shape index (κ2) is 3.06. The van der Waals surface area contributed by atoms with Gasteiger partial charge < -0.3 is 10.4 Å². The van der Waals surface area contributed by atoms with E-state index in [1.165, 1.54) is 0 Å². The molecule has 0 atom stereocenters. The Kier molecular flexibility index (Phi) is 1.88. The molecule has 0 saturated heterocycles. The van der Waals surface area contributed by atoms with Crippen LogP contribution in [0.4, 0.5) is 5.82 Å². The summed E-state index contributed by atoms with van der Waals surface area (Å²) in [4.78, 5) is 29.2. The van der Waals surface area contributed by atoms with Crippen LogP contribution < -0.4 is 5.32 Å². The van der Waals surface area contributed by atoms with Crippen LogP contribution in [-0.2, 0) is 11.2 Å². The highest BCUT2D eigenvalue weighted by Gasteiger charge is 2.22. The quantitative estimate of drug-likeness (QED) is 0.657. The van der Waals surface area contributed by atoms with E-state index in [-0.39, 0.29) is 18.0 Å². The molecule has 0 unspecified atom stereocenters. The number of carboxylic acids is 1. The first-order valence-corrected chi connectivity index (χ1v) is 4.05. The van der Waals surface area contributed by atoms with E-state index in [0.717, 1.165) is 6.33 Å². The molecule has 2 heterocycles. The summed E-state index contributed by atoms with van der Waals surface area (Å²) >= 11 is 0. The molecule has 1 aromatic rings. The van der Waals surface area contributed by atoms with Gasteiger partial charge in [0.1, 0.15) is 12.1 Å².